The van der Waals surface area contributed by atoms with Crippen LogP contribution in [0.25, 0.3) is 0 Å². The highest BCUT2D eigenvalue weighted by Crippen LogP contribution is 2.41. The molecular formula is C37H42N4O5. The Morgan fingerprint density at radius 1 is 0.652 bits per heavy atom. The van der Waals surface area contributed by atoms with Gasteiger partial charge in [0, 0.05) is 36.4 Å². The van der Waals surface area contributed by atoms with Crippen LogP contribution < -0.4 is 9.47 Å². The highest BCUT2D eigenvalue weighted by molar-refractivity contribution is 6.68. The standard InChI is InChI=1S/C37H42N4O5/c1-36(2)17-25(15-27(42)19-36)40-21-31(23-7-11-29(45-5)12-8-23)33(38-40)35(44)34-32(24-9-13-30(46-6)14-10-24)22-41(39-34)26-16-28(43)20-37(3,4)18-26/h7-16,31-32H,17-22H2,1-6H3. The summed E-state index contributed by atoms with van der Waals surface area (Å²) in [5.74, 6) is 0.644. The van der Waals surface area contributed by atoms with Crippen LogP contribution in [0, 0.1) is 10.8 Å². The van der Waals surface area contributed by atoms with Crippen molar-refractivity contribution in [2.75, 3.05) is 27.3 Å². The molecular weight excluding hydrogens is 580 g/mol. The molecule has 6 rings (SSSR count). The van der Waals surface area contributed by atoms with Gasteiger partial charge in [0.25, 0.3) is 0 Å². The minimum absolute atomic E-state index is 0.0656. The Morgan fingerprint density at radius 3 is 1.35 bits per heavy atom. The molecule has 2 aliphatic heterocycles. The van der Waals surface area contributed by atoms with E-state index in [4.69, 9.17) is 19.7 Å². The second kappa shape index (κ2) is 12.0. The SMILES string of the molecule is COc1ccc(C2CN(C3=CC(=O)CC(C)(C)C3)N=C2C(=O)C2=NN(C3=CC(=O)CC(C)(C)C3)CC2c2ccc(OC)cc2)cc1. The van der Waals surface area contributed by atoms with E-state index in [0.717, 1.165) is 34.0 Å². The molecule has 2 aromatic carbocycles. The average Bonchev–Trinajstić information content (AvgIpc) is 3.65. The maximum Gasteiger partial charge on any atom is 0.226 e. The third kappa shape index (κ3) is 6.41. The van der Waals surface area contributed by atoms with E-state index in [-0.39, 0.29) is 40.0 Å². The Kier molecular flexibility index (Phi) is 8.21. The Morgan fingerprint density at radius 2 is 1.02 bits per heavy atom. The van der Waals surface area contributed by atoms with E-state index < -0.39 is 0 Å². The quantitative estimate of drug-likeness (QED) is 0.354. The van der Waals surface area contributed by atoms with Gasteiger partial charge in [0.2, 0.25) is 5.78 Å². The molecule has 0 saturated carbocycles. The number of carbonyl (C=O) groups excluding carboxylic acids is 3. The lowest BCUT2D eigenvalue weighted by Gasteiger charge is -2.32. The van der Waals surface area contributed by atoms with Crippen LogP contribution in [-0.2, 0) is 14.4 Å². The van der Waals surface area contributed by atoms with Crippen molar-refractivity contribution in [2.45, 2.75) is 65.2 Å². The zero-order valence-electron chi connectivity index (χ0n) is 27.5. The van der Waals surface area contributed by atoms with Gasteiger partial charge in [-0.25, -0.2) is 0 Å². The molecule has 0 amide bonds. The topological polar surface area (TPSA) is 101 Å². The van der Waals surface area contributed by atoms with Gasteiger partial charge in [-0.3, -0.25) is 24.4 Å². The molecule has 0 N–H and O–H groups in total. The number of ketones is 3. The van der Waals surface area contributed by atoms with E-state index in [1.54, 1.807) is 26.4 Å². The molecule has 2 heterocycles. The fraction of sp³-hybridized carbons (Fsp3) is 0.432. The number of hydrazone groups is 2. The minimum atomic E-state index is -0.345. The summed E-state index contributed by atoms with van der Waals surface area (Å²) >= 11 is 0. The van der Waals surface area contributed by atoms with Gasteiger partial charge in [0.15, 0.2) is 11.6 Å². The molecule has 240 valence electrons. The normalized spacial score (nSPS) is 23.9. The lowest BCUT2D eigenvalue weighted by Crippen LogP contribution is -2.31. The summed E-state index contributed by atoms with van der Waals surface area (Å²) in [6, 6.07) is 15.4. The Balaban J connectivity index is 1.41. The zero-order valence-corrected chi connectivity index (χ0v) is 27.5. The highest BCUT2D eigenvalue weighted by atomic mass is 16.5. The van der Waals surface area contributed by atoms with Gasteiger partial charge in [-0.15, -0.1) is 0 Å². The molecule has 2 atom stereocenters. The van der Waals surface area contributed by atoms with Crippen LogP contribution >= 0.6 is 0 Å². The molecule has 4 aliphatic rings. The van der Waals surface area contributed by atoms with E-state index in [1.165, 1.54) is 0 Å². The van der Waals surface area contributed by atoms with Crippen molar-refractivity contribution in [1.82, 2.24) is 10.0 Å². The summed E-state index contributed by atoms with van der Waals surface area (Å²) in [7, 11) is 3.24. The molecule has 9 heteroatoms. The fourth-order valence-electron chi connectivity index (χ4n) is 7.06. The summed E-state index contributed by atoms with van der Waals surface area (Å²) in [5, 5.41) is 13.6. The van der Waals surface area contributed by atoms with Gasteiger partial charge < -0.3 is 9.47 Å². The van der Waals surface area contributed by atoms with E-state index in [9.17, 15) is 14.4 Å². The number of nitrogens with zero attached hydrogens (tertiary/aromatic N) is 4. The Labute approximate surface area is 270 Å². The van der Waals surface area contributed by atoms with Gasteiger partial charge in [-0.05, 0) is 59.1 Å². The van der Waals surface area contributed by atoms with Gasteiger partial charge in [-0.1, -0.05) is 52.0 Å². The van der Waals surface area contributed by atoms with Crippen molar-refractivity contribution in [3.63, 3.8) is 0 Å². The molecule has 2 aliphatic carbocycles. The maximum absolute atomic E-state index is 14.8. The smallest absolute Gasteiger partial charge is 0.226 e. The van der Waals surface area contributed by atoms with E-state index >= 15 is 0 Å². The number of allylic oxidation sites excluding steroid dienone is 4. The Bertz CT molecular complexity index is 1560. The Hall–Kier alpha value is -4.53. The van der Waals surface area contributed by atoms with Gasteiger partial charge in [0.05, 0.1) is 39.1 Å². The molecule has 0 fully saturated rings. The van der Waals surface area contributed by atoms with Gasteiger partial charge >= 0.3 is 0 Å². The van der Waals surface area contributed by atoms with Crippen LogP contribution in [0.15, 0.2) is 82.3 Å². The largest absolute Gasteiger partial charge is 0.497 e. The first-order chi connectivity index (χ1) is 21.8. The van der Waals surface area contributed by atoms with Gasteiger partial charge in [0.1, 0.15) is 22.9 Å². The number of rotatable bonds is 8. The third-order valence-corrected chi connectivity index (χ3v) is 9.27. The summed E-state index contributed by atoms with van der Waals surface area (Å²) in [6.45, 7) is 9.19. The maximum atomic E-state index is 14.8. The van der Waals surface area contributed by atoms with Crippen LogP contribution in [0.4, 0.5) is 0 Å². The first-order valence-corrected chi connectivity index (χ1v) is 15.9. The first-order valence-electron chi connectivity index (χ1n) is 15.9. The van der Waals surface area contributed by atoms with Crippen molar-refractivity contribution in [3.05, 3.63) is 83.2 Å². The molecule has 2 unspecified atom stereocenters. The number of hydrogen-bond donors (Lipinski definition) is 0. The molecule has 0 bridgehead atoms. The summed E-state index contributed by atoms with van der Waals surface area (Å²) in [5.41, 5.74) is 3.85. The fourth-order valence-corrected chi connectivity index (χ4v) is 7.06. The van der Waals surface area contributed by atoms with Crippen LogP contribution in [0.5, 0.6) is 11.5 Å². The third-order valence-electron chi connectivity index (χ3n) is 9.27. The highest BCUT2D eigenvalue weighted by Gasteiger charge is 2.43. The first kappa shape index (κ1) is 31.5. The van der Waals surface area contributed by atoms with Gasteiger partial charge in [-0.2, -0.15) is 10.2 Å². The van der Waals surface area contributed by atoms with Crippen molar-refractivity contribution >= 4 is 28.8 Å². The molecule has 2 aromatic rings. The number of Topliss-reactive ketones (excluding diaryl/α,β-unsaturated/α-hetero) is 1. The second-order valence-corrected chi connectivity index (χ2v) is 14.4. The van der Waals surface area contributed by atoms with E-state index in [2.05, 4.69) is 27.7 Å². The van der Waals surface area contributed by atoms with Crippen LogP contribution in [-0.4, -0.2) is 66.1 Å². The number of methoxy groups -OCH3 is 2. The predicted octanol–water partition coefficient (Wildman–Crippen LogP) is 6.03. The molecule has 0 radical (unpaired) electrons. The van der Waals surface area contributed by atoms with E-state index in [1.807, 2.05) is 58.5 Å². The molecule has 0 aromatic heterocycles. The monoisotopic (exact) mass is 622 g/mol. The number of ether oxygens (including phenoxy) is 2. The van der Waals surface area contributed by atoms with Crippen molar-refractivity contribution < 1.29 is 23.9 Å². The summed E-state index contributed by atoms with van der Waals surface area (Å²) in [6.07, 6.45) is 5.67. The number of benzene rings is 2. The molecule has 46 heavy (non-hydrogen) atoms. The van der Waals surface area contributed by atoms with Crippen molar-refractivity contribution in [1.29, 1.82) is 0 Å². The zero-order chi connectivity index (χ0) is 32.8. The van der Waals surface area contributed by atoms with Crippen molar-refractivity contribution in [3.8, 4) is 11.5 Å². The average molecular weight is 623 g/mol. The van der Waals surface area contributed by atoms with Crippen LogP contribution in [0.2, 0.25) is 0 Å². The summed E-state index contributed by atoms with van der Waals surface area (Å²) in [4.78, 5) is 40.2. The van der Waals surface area contributed by atoms with Crippen LogP contribution in [0.1, 0.15) is 76.3 Å². The number of carbonyl (C=O) groups is 3. The summed E-state index contributed by atoms with van der Waals surface area (Å²) < 4.78 is 10.8. The second-order valence-electron chi connectivity index (χ2n) is 14.4. The van der Waals surface area contributed by atoms with Crippen LogP contribution in [0.3, 0.4) is 0 Å². The minimum Gasteiger partial charge on any atom is -0.497 e. The molecule has 0 spiro atoms. The van der Waals surface area contributed by atoms with E-state index in [0.29, 0.717) is 50.2 Å². The van der Waals surface area contributed by atoms with Crippen molar-refractivity contribution in [2.24, 2.45) is 21.0 Å². The molecule has 0 saturated heterocycles. The lowest BCUT2D eigenvalue weighted by atomic mass is 9.78. The predicted molar refractivity (Wildman–Crippen MR) is 177 cm³/mol. The molecule has 9 nitrogen and oxygen atoms in total. The number of hydrogen-bond acceptors (Lipinski definition) is 9. The lowest BCUT2D eigenvalue weighted by molar-refractivity contribution is -0.118.